The first-order valence-electron chi connectivity index (χ1n) is 6.36. The fraction of sp³-hybridized carbons (Fsp3) is 1.00. The second kappa shape index (κ2) is 10.5. The number of hydrogen-bond donors (Lipinski definition) is 2. The molecule has 0 aromatic rings. The lowest BCUT2D eigenvalue weighted by Crippen LogP contribution is -2.38. The van der Waals surface area contributed by atoms with Gasteiger partial charge in [-0.05, 0) is 33.7 Å². The van der Waals surface area contributed by atoms with E-state index in [9.17, 15) is 0 Å². The minimum Gasteiger partial charge on any atom is -0.395 e. The molecule has 2 N–H and O–H groups in total. The highest BCUT2D eigenvalue weighted by Gasteiger charge is 2.14. The molecule has 0 aliphatic rings. The van der Waals surface area contributed by atoms with E-state index in [1.54, 1.807) is 0 Å². The highest BCUT2D eigenvalue weighted by Crippen LogP contribution is 2.12. The van der Waals surface area contributed by atoms with Gasteiger partial charge in [0, 0.05) is 25.7 Å². The summed E-state index contributed by atoms with van der Waals surface area (Å²) in [6.07, 6.45) is 1.07. The van der Waals surface area contributed by atoms with Crippen LogP contribution >= 0.6 is 22.6 Å². The summed E-state index contributed by atoms with van der Waals surface area (Å²) < 4.78 is 0.539. The molecule has 0 aromatic carbocycles. The van der Waals surface area contributed by atoms with Crippen molar-refractivity contribution in [2.45, 2.75) is 37.3 Å². The predicted molar refractivity (Wildman–Crippen MR) is 80.6 cm³/mol. The summed E-state index contributed by atoms with van der Waals surface area (Å²) in [5.41, 5.74) is 0. The zero-order valence-electron chi connectivity index (χ0n) is 11.3. The number of halogens is 1. The van der Waals surface area contributed by atoms with Crippen molar-refractivity contribution in [2.24, 2.45) is 0 Å². The largest absolute Gasteiger partial charge is 0.395 e. The van der Waals surface area contributed by atoms with Crippen LogP contribution in [0.2, 0.25) is 0 Å². The lowest BCUT2D eigenvalue weighted by molar-refractivity contribution is 0.148. The van der Waals surface area contributed by atoms with Gasteiger partial charge in [0.25, 0.3) is 0 Å². The lowest BCUT2D eigenvalue weighted by Gasteiger charge is -2.30. The van der Waals surface area contributed by atoms with Crippen LogP contribution in [0.4, 0.5) is 0 Å². The predicted octanol–water partition coefficient (Wildman–Crippen LogP) is 1.15. The average molecular weight is 358 g/mol. The Kier molecular flexibility index (Phi) is 10.8. The molecule has 0 amide bonds. The SMILES string of the molecule is CC(C)N(CCCN(CCO)CCO)C(C)I. The van der Waals surface area contributed by atoms with E-state index in [-0.39, 0.29) is 13.2 Å². The molecule has 0 spiro atoms. The van der Waals surface area contributed by atoms with E-state index >= 15 is 0 Å². The standard InChI is InChI=1S/C12H27IN2O2/c1-11(2)15(12(3)13)6-4-5-14(7-9-16)8-10-17/h11-12,16-17H,4-10H2,1-3H3. The van der Waals surface area contributed by atoms with Crippen molar-refractivity contribution in [3.05, 3.63) is 0 Å². The molecule has 0 aromatic heterocycles. The Balaban J connectivity index is 3.91. The number of aliphatic hydroxyl groups excluding tert-OH is 2. The van der Waals surface area contributed by atoms with Crippen LogP contribution < -0.4 is 0 Å². The van der Waals surface area contributed by atoms with Crippen LogP contribution in [0, 0.1) is 0 Å². The van der Waals surface area contributed by atoms with Crippen molar-refractivity contribution >= 4 is 22.6 Å². The molecule has 0 saturated heterocycles. The Labute approximate surface area is 119 Å². The van der Waals surface area contributed by atoms with E-state index in [4.69, 9.17) is 10.2 Å². The normalized spacial score (nSPS) is 13.9. The van der Waals surface area contributed by atoms with E-state index in [2.05, 4.69) is 53.2 Å². The van der Waals surface area contributed by atoms with Crippen LogP contribution in [0.5, 0.6) is 0 Å². The Morgan fingerprint density at radius 3 is 1.82 bits per heavy atom. The molecule has 5 heteroatoms. The van der Waals surface area contributed by atoms with Crippen LogP contribution in [-0.2, 0) is 0 Å². The maximum absolute atomic E-state index is 8.91. The molecule has 104 valence electrons. The summed E-state index contributed by atoms with van der Waals surface area (Å²) in [5.74, 6) is 0. The van der Waals surface area contributed by atoms with Gasteiger partial charge >= 0.3 is 0 Å². The summed E-state index contributed by atoms with van der Waals surface area (Å²) in [6.45, 7) is 10.3. The Bertz CT molecular complexity index is 166. The topological polar surface area (TPSA) is 46.9 Å². The fourth-order valence-corrected chi connectivity index (χ4v) is 2.86. The summed E-state index contributed by atoms with van der Waals surface area (Å²) in [5, 5.41) is 17.8. The number of nitrogens with zero attached hydrogens (tertiary/aromatic N) is 2. The van der Waals surface area contributed by atoms with E-state index in [1.165, 1.54) is 0 Å². The molecule has 1 atom stereocenters. The molecule has 4 nitrogen and oxygen atoms in total. The van der Waals surface area contributed by atoms with Crippen molar-refractivity contribution < 1.29 is 10.2 Å². The lowest BCUT2D eigenvalue weighted by atomic mass is 10.2. The van der Waals surface area contributed by atoms with E-state index < -0.39 is 0 Å². The van der Waals surface area contributed by atoms with Gasteiger partial charge in [-0.2, -0.15) is 0 Å². The van der Waals surface area contributed by atoms with E-state index in [0.29, 0.717) is 23.2 Å². The zero-order chi connectivity index (χ0) is 13.3. The van der Waals surface area contributed by atoms with Gasteiger partial charge in [0.1, 0.15) is 0 Å². The van der Waals surface area contributed by atoms with Gasteiger partial charge in [-0.25, -0.2) is 0 Å². The molecule has 0 heterocycles. The van der Waals surface area contributed by atoms with Gasteiger partial charge in [-0.3, -0.25) is 9.80 Å². The van der Waals surface area contributed by atoms with E-state index in [1.807, 2.05) is 0 Å². The molecule has 1 unspecified atom stereocenters. The van der Waals surface area contributed by atoms with Crippen molar-refractivity contribution in [2.75, 3.05) is 39.4 Å². The molecule has 0 bridgehead atoms. The molecule has 0 saturated carbocycles. The molecule has 17 heavy (non-hydrogen) atoms. The van der Waals surface area contributed by atoms with Crippen LogP contribution in [0.3, 0.4) is 0 Å². The second-order valence-electron chi connectivity index (χ2n) is 4.55. The van der Waals surface area contributed by atoms with Crippen LogP contribution in [0.15, 0.2) is 0 Å². The quantitative estimate of drug-likeness (QED) is 0.350. The number of aliphatic hydroxyl groups is 2. The molecular weight excluding hydrogens is 331 g/mol. The average Bonchev–Trinajstić information content (AvgIpc) is 2.23. The van der Waals surface area contributed by atoms with Gasteiger partial charge < -0.3 is 10.2 Å². The van der Waals surface area contributed by atoms with Crippen LogP contribution in [0.1, 0.15) is 27.2 Å². The number of alkyl halides is 1. The maximum atomic E-state index is 8.91. The van der Waals surface area contributed by atoms with Crippen molar-refractivity contribution in [3.8, 4) is 0 Å². The van der Waals surface area contributed by atoms with Gasteiger partial charge in [-0.1, -0.05) is 22.6 Å². The summed E-state index contributed by atoms with van der Waals surface area (Å²) in [7, 11) is 0. The monoisotopic (exact) mass is 358 g/mol. The van der Waals surface area contributed by atoms with E-state index in [0.717, 1.165) is 19.5 Å². The Morgan fingerprint density at radius 2 is 1.47 bits per heavy atom. The van der Waals surface area contributed by atoms with Crippen LogP contribution in [0.25, 0.3) is 0 Å². The molecule has 0 radical (unpaired) electrons. The van der Waals surface area contributed by atoms with Crippen molar-refractivity contribution in [1.82, 2.24) is 9.80 Å². The van der Waals surface area contributed by atoms with Gasteiger partial charge in [-0.15, -0.1) is 0 Å². The minimum absolute atomic E-state index is 0.163. The molecule has 0 fully saturated rings. The minimum atomic E-state index is 0.163. The highest BCUT2D eigenvalue weighted by molar-refractivity contribution is 14.1. The van der Waals surface area contributed by atoms with Gasteiger partial charge in [0.05, 0.1) is 17.3 Å². The summed E-state index contributed by atoms with van der Waals surface area (Å²) in [6, 6.07) is 0.561. The number of hydrogen-bond acceptors (Lipinski definition) is 4. The third-order valence-electron chi connectivity index (χ3n) is 2.84. The molecule has 0 rings (SSSR count). The molecular formula is C12H27IN2O2. The smallest absolute Gasteiger partial charge is 0.0592 e. The van der Waals surface area contributed by atoms with Crippen molar-refractivity contribution in [3.63, 3.8) is 0 Å². The second-order valence-corrected chi connectivity index (χ2v) is 6.35. The highest BCUT2D eigenvalue weighted by atomic mass is 127. The third kappa shape index (κ3) is 8.31. The van der Waals surface area contributed by atoms with Crippen LogP contribution in [-0.4, -0.2) is 69.5 Å². The van der Waals surface area contributed by atoms with Gasteiger partial charge in [0.2, 0.25) is 0 Å². The molecule has 0 aliphatic heterocycles. The Hall–Kier alpha value is 0.570. The first kappa shape index (κ1) is 17.6. The fourth-order valence-electron chi connectivity index (χ4n) is 1.94. The first-order valence-corrected chi connectivity index (χ1v) is 7.61. The summed E-state index contributed by atoms with van der Waals surface area (Å²) in [4.78, 5) is 4.56. The summed E-state index contributed by atoms with van der Waals surface area (Å²) >= 11 is 2.44. The Morgan fingerprint density at radius 1 is 0.941 bits per heavy atom. The first-order chi connectivity index (χ1) is 8.02. The number of rotatable bonds is 10. The third-order valence-corrected chi connectivity index (χ3v) is 3.56. The molecule has 0 aliphatic carbocycles. The van der Waals surface area contributed by atoms with Crippen molar-refractivity contribution in [1.29, 1.82) is 0 Å². The zero-order valence-corrected chi connectivity index (χ0v) is 13.4. The van der Waals surface area contributed by atoms with Gasteiger partial charge in [0.15, 0.2) is 0 Å². The maximum Gasteiger partial charge on any atom is 0.0592 e.